The lowest BCUT2D eigenvalue weighted by atomic mass is 9.92. The number of carboxylic acid groups (broad SMARTS) is 1. The highest BCUT2D eigenvalue weighted by Crippen LogP contribution is 2.24. The van der Waals surface area contributed by atoms with Gasteiger partial charge >= 0.3 is 11.9 Å². The lowest BCUT2D eigenvalue weighted by molar-refractivity contribution is -0.150. The van der Waals surface area contributed by atoms with E-state index in [-0.39, 0.29) is 0 Å². The summed E-state index contributed by atoms with van der Waals surface area (Å²) in [5.41, 5.74) is 1.49. The molecule has 0 aliphatic rings. The molecule has 118 valence electrons. The van der Waals surface area contributed by atoms with E-state index in [1.807, 2.05) is 36.4 Å². The molecule has 23 heavy (non-hydrogen) atoms. The predicted molar refractivity (Wildman–Crippen MR) is 87.8 cm³/mol. The maximum atomic E-state index is 11.7. The van der Waals surface area contributed by atoms with Gasteiger partial charge in [0.15, 0.2) is 0 Å². The van der Waals surface area contributed by atoms with Gasteiger partial charge in [-0.25, -0.2) is 0 Å². The molecule has 0 aliphatic heterocycles. The van der Waals surface area contributed by atoms with Crippen molar-refractivity contribution < 1.29 is 19.4 Å². The molecule has 0 aliphatic carbocycles. The highest BCUT2D eigenvalue weighted by molar-refractivity contribution is 5.78. The second-order valence-corrected chi connectivity index (χ2v) is 5.07. The van der Waals surface area contributed by atoms with E-state index in [0.717, 1.165) is 5.56 Å². The van der Waals surface area contributed by atoms with Crippen molar-refractivity contribution in [3.63, 3.8) is 0 Å². The third-order valence-corrected chi connectivity index (χ3v) is 3.33. The molecule has 0 amide bonds. The molecule has 2 unspecified atom stereocenters. The minimum Gasteiger partial charge on any atom is -0.481 e. The number of carbonyl (C=O) groups is 2. The number of carbonyl (C=O) groups excluding carboxylic acids is 1. The molecule has 2 aromatic rings. The Morgan fingerprint density at radius 2 is 1.57 bits per heavy atom. The molecule has 0 aromatic heterocycles. The molecule has 0 heterocycles. The van der Waals surface area contributed by atoms with Crippen LogP contribution < -0.4 is 0 Å². The van der Waals surface area contributed by atoms with E-state index in [4.69, 9.17) is 4.74 Å². The molecule has 0 radical (unpaired) electrons. The van der Waals surface area contributed by atoms with Crippen LogP contribution in [-0.2, 0) is 14.3 Å². The number of benzene rings is 2. The number of rotatable bonds is 6. The van der Waals surface area contributed by atoms with Gasteiger partial charge in [-0.2, -0.15) is 0 Å². The third kappa shape index (κ3) is 4.81. The smallest absolute Gasteiger partial charge is 0.315 e. The summed E-state index contributed by atoms with van der Waals surface area (Å²) >= 11 is 0. The van der Waals surface area contributed by atoms with Crippen LogP contribution >= 0.6 is 0 Å². The quantitative estimate of drug-likeness (QED) is 0.829. The average molecular weight is 310 g/mol. The molecule has 0 saturated carbocycles. The van der Waals surface area contributed by atoms with Gasteiger partial charge in [0.1, 0.15) is 12.0 Å². The van der Waals surface area contributed by atoms with Crippen molar-refractivity contribution in [3.8, 4) is 0 Å². The van der Waals surface area contributed by atoms with Crippen molar-refractivity contribution in [1.82, 2.24) is 0 Å². The van der Waals surface area contributed by atoms with Crippen LogP contribution in [-0.4, -0.2) is 23.1 Å². The second-order valence-electron chi connectivity index (χ2n) is 5.07. The van der Waals surface area contributed by atoms with E-state index in [1.54, 1.807) is 36.4 Å². The van der Waals surface area contributed by atoms with E-state index in [0.29, 0.717) is 5.56 Å². The number of aliphatic carboxylic acids is 1. The number of carboxylic acids is 1. The second kappa shape index (κ2) is 7.94. The summed E-state index contributed by atoms with van der Waals surface area (Å²) in [4.78, 5) is 23.1. The first-order chi connectivity index (χ1) is 11.1. The van der Waals surface area contributed by atoms with E-state index in [2.05, 4.69) is 0 Å². The molecule has 2 aromatic carbocycles. The van der Waals surface area contributed by atoms with Crippen LogP contribution in [0.5, 0.6) is 0 Å². The van der Waals surface area contributed by atoms with Crippen molar-refractivity contribution in [2.75, 3.05) is 0 Å². The SMILES string of the molecule is CC(=O)OC(/C=C/c1ccccc1)C(C(=O)O)c1ccccc1. The monoisotopic (exact) mass is 310 g/mol. The molecular weight excluding hydrogens is 292 g/mol. The Morgan fingerprint density at radius 1 is 1.00 bits per heavy atom. The van der Waals surface area contributed by atoms with Crippen LogP contribution in [0.25, 0.3) is 6.08 Å². The van der Waals surface area contributed by atoms with Crippen LogP contribution in [0.15, 0.2) is 66.7 Å². The lowest BCUT2D eigenvalue weighted by Gasteiger charge is -2.21. The lowest BCUT2D eigenvalue weighted by Crippen LogP contribution is -2.28. The van der Waals surface area contributed by atoms with Gasteiger partial charge in [0.25, 0.3) is 0 Å². The minimum absolute atomic E-state index is 0.519. The zero-order chi connectivity index (χ0) is 16.7. The topological polar surface area (TPSA) is 63.6 Å². The largest absolute Gasteiger partial charge is 0.481 e. The van der Waals surface area contributed by atoms with Crippen molar-refractivity contribution in [2.45, 2.75) is 18.9 Å². The third-order valence-electron chi connectivity index (χ3n) is 3.33. The first-order valence-corrected chi connectivity index (χ1v) is 7.26. The van der Waals surface area contributed by atoms with Gasteiger partial charge in [-0.1, -0.05) is 66.7 Å². The zero-order valence-electron chi connectivity index (χ0n) is 12.8. The Balaban J connectivity index is 2.33. The Kier molecular flexibility index (Phi) is 5.69. The first kappa shape index (κ1) is 16.5. The summed E-state index contributed by atoms with van der Waals surface area (Å²) in [6.07, 6.45) is 2.49. The maximum absolute atomic E-state index is 11.7. The zero-order valence-corrected chi connectivity index (χ0v) is 12.8. The van der Waals surface area contributed by atoms with Gasteiger partial charge in [-0.05, 0) is 17.2 Å². The summed E-state index contributed by atoms with van der Waals surface area (Å²) in [6, 6.07) is 18.2. The Labute approximate surface area is 135 Å². The molecule has 4 heteroatoms. The Hall–Kier alpha value is -2.88. The number of hydrogen-bond donors (Lipinski definition) is 1. The highest BCUT2D eigenvalue weighted by atomic mass is 16.5. The van der Waals surface area contributed by atoms with Crippen molar-refractivity contribution in [3.05, 3.63) is 77.9 Å². The van der Waals surface area contributed by atoms with Crippen LogP contribution in [0.1, 0.15) is 24.0 Å². The van der Waals surface area contributed by atoms with Crippen LogP contribution in [0.3, 0.4) is 0 Å². The molecule has 2 atom stereocenters. The standard InChI is InChI=1S/C19H18O4/c1-14(20)23-17(13-12-15-8-4-2-5-9-15)18(19(21)22)16-10-6-3-7-11-16/h2-13,17-18H,1H3,(H,21,22)/b13-12+. The van der Waals surface area contributed by atoms with E-state index >= 15 is 0 Å². The molecule has 0 saturated heterocycles. The van der Waals surface area contributed by atoms with Gasteiger partial charge in [0, 0.05) is 6.92 Å². The van der Waals surface area contributed by atoms with Crippen LogP contribution in [0, 0.1) is 0 Å². The molecule has 2 rings (SSSR count). The summed E-state index contributed by atoms with van der Waals surface area (Å²) in [5.74, 6) is -2.52. The Bertz CT molecular complexity index is 677. The van der Waals surface area contributed by atoms with Gasteiger partial charge in [-0.3, -0.25) is 9.59 Å². The summed E-state index contributed by atoms with van der Waals surface area (Å²) < 4.78 is 5.24. The van der Waals surface area contributed by atoms with Crippen LogP contribution in [0.4, 0.5) is 0 Å². The van der Waals surface area contributed by atoms with E-state index < -0.39 is 24.0 Å². The molecule has 0 fully saturated rings. The number of esters is 1. The van der Waals surface area contributed by atoms with E-state index in [9.17, 15) is 14.7 Å². The van der Waals surface area contributed by atoms with Gasteiger partial charge in [0.2, 0.25) is 0 Å². The number of ether oxygens (including phenoxy) is 1. The van der Waals surface area contributed by atoms with E-state index in [1.165, 1.54) is 6.92 Å². The van der Waals surface area contributed by atoms with Gasteiger partial charge in [0.05, 0.1) is 0 Å². The number of hydrogen-bond acceptors (Lipinski definition) is 3. The Morgan fingerprint density at radius 3 is 2.09 bits per heavy atom. The predicted octanol–water partition coefficient (Wildman–Crippen LogP) is 3.50. The van der Waals surface area contributed by atoms with Gasteiger partial charge in [-0.15, -0.1) is 0 Å². The van der Waals surface area contributed by atoms with Crippen molar-refractivity contribution in [1.29, 1.82) is 0 Å². The highest BCUT2D eigenvalue weighted by Gasteiger charge is 2.30. The molecule has 1 N–H and O–H groups in total. The summed E-state index contributed by atoms with van der Waals surface area (Å²) in [7, 11) is 0. The normalized spacial score (nSPS) is 13.4. The average Bonchev–Trinajstić information content (AvgIpc) is 2.54. The molecule has 0 bridgehead atoms. The van der Waals surface area contributed by atoms with Crippen LogP contribution in [0.2, 0.25) is 0 Å². The van der Waals surface area contributed by atoms with Crippen molar-refractivity contribution >= 4 is 18.0 Å². The fourth-order valence-electron chi connectivity index (χ4n) is 2.31. The first-order valence-electron chi connectivity index (χ1n) is 7.26. The fourth-order valence-corrected chi connectivity index (χ4v) is 2.31. The summed E-state index contributed by atoms with van der Waals surface area (Å²) in [5, 5.41) is 9.58. The minimum atomic E-state index is -1.04. The maximum Gasteiger partial charge on any atom is 0.315 e. The fraction of sp³-hybridized carbons (Fsp3) is 0.158. The van der Waals surface area contributed by atoms with Crippen molar-refractivity contribution in [2.24, 2.45) is 0 Å². The summed E-state index contributed by atoms with van der Waals surface area (Å²) in [6.45, 7) is 1.27. The molecule has 0 spiro atoms. The van der Waals surface area contributed by atoms with Gasteiger partial charge < -0.3 is 9.84 Å². The molecular formula is C19H18O4. The molecule has 4 nitrogen and oxygen atoms in total.